The normalized spacial score (nSPS) is 18.9. The number of imidazole rings is 1. The van der Waals surface area contributed by atoms with E-state index in [2.05, 4.69) is 30.1 Å². The van der Waals surface area contributed by atoms with Crippen LogP contribution in [0.1, 0.15) is 12.2 Å². The van der Waals surface area contributed by atoms with Crippen molar-refractivity contribution in [2.75, 3.05) is 31.2 Å². The predicted octanol–water partition coefficient (Wildman–Crippen LogP) is -1.65. The van der Waals surface area contributed by atoms with E-state index in [1.165, 1.54) is 16.7 Å². The van der Waals surface area contributed by atoms with E-state index in [9.17, 15) is 24.7 Å². The number of anilines is 1. The second-order valence-corrected chi connectivity index (χ2v) is 11.0. The van der Waals surface area contributed by atoms with Crippen LogP contribution in [0.15, 0.2) is 41.1 Å². The third kappa shape index (κ3) is 5.58. The average Bonchev–Trinajstić information content (AvgIpc) is 3.58. The molecule has 3 aromatic heterocycles. The fourth-order valence-corrected chi connectivity index (χ4v) is 6.48. The minimum atomic E-state index is -1.25. The van der Waals surface area contributed by atoms with Crippen LogP contribution in [0.25, 0.3) is 11.2 Å². The molecule has 0 saturated carbocycles. The van der Waals surface area contributed by atoms with Gasteiger partial charge in [0.1, 0.15) is 29.2 Å². The number of nitrogen functional groups attached to an aromatic ring is 1. The molecule has 0 aromatic carbocycles. The molecule has 2 unspecified atom stereocenters. The molecule has 18 heteroatoms. The van der Waals surface area contributed by atoms with E-state index in [1.807, 2.05) is 27.5 Å². The molecule has 2 amide bonds. The number of aliphatic carboxylic acids is 1. The van der Waals surface area contributed by atoms with Crippen LogP contribution in [-0.4, -0.2) is 99.6 Å². The molecule has 2 aliphatic heterocycles. The Kier molecular flexibility index (Phi) is 8.43. The van der Waals surface area contributed by atoms with Gasteiger partial charge in [0, 0.05) is 35.9 Å². The van der Waals surface area contributed by atoms with Gasteiger partial charge < -0.3 is 36.4 Å². The number of rotatable bonds is 12. The van der Waals surface area contributed by atoms with Crippen molar-refractivity contribution < 1.29 is 34.4 Å². The third-order valence-electron chi connectivity index (χ3n) is 6.56. The van der Waals surface area contributed by atoms with Crippen molar-refractivity contribution in [2.45, 2.75) is 30.9 Å². The van der Waals surface area contributed by atoms with Crippen molar-refractivity contribution >= 4 is 63.1 Å². The van der Waals surface area contributed by atoms with Gasteiger partial charge in [0.25, 0.3) is 11.8 Å². The summed E-state index contributed by atoms with van der Waals surface area (Å²) in [5.41, 5.74) is 6.97. The Labute approximate surface area is 240 Å². The number of carboxylic acids is 1. The summed E-state index contributed by atoms with van der Waals surface area (Å²) in [5, 5.41) is 36.3. The molecule has 2 atom stereocenters. The molecule has 7 N–H and O–H groups in total. The first kappa shape index (κ1) is 28.4. The van der Waals surface area contributed by atoms with Gasteiger partial charge in [0.15, 0.2) is 5.13 Å². The number of amides is 2. The maximum atomic E-state index is 13.1. The van der Waals surface area contributed by atoms with Crippen LogP contribution in [0.5, 0.6) is 0 Å². The molecule has 0 radical (unpaired) electrons. The lowest BCUT2D eigenvalue weighted by atomic mass is 10.0. The average molecular weight is 604 g/mol. The van der Waals surface area contributed by atoms with Gasteiger partial charge in [-0.2, -0.15) is 9.36 Å². The number of nitrogens with zero attached hydrogens (tertiary/aromatic N) is 7. The van der Waals surface area contributed by atoms with Gasteiger partial charge >= 0.3 is 11.6 Å². The molecule has 0 bridgehead atoms. The molecule has 16 nitrogen and oxygen atoms in total. The van der Waals surface area contributed by atoms with Gasteiger partial charge in [-0.05, 0) is 30.1 Å². The van der Waals surface area contributed by atoms with Crippen LogP contribution >= 0.6 is 23.3 Å². The number of fused-ring (bicyclic) bond motifs is 2. The highest BCUT2D eigenvalue weighted by atomic mass is 32.2. The van der Waals surface area contributed by atoms with E-state index >= 15 is 0 Å². The van der Waals surface area contributed by atoms with Crippen molar-refractivity contribution in [2.24, 2.45) is 5.16 Å². The van der Waals surface area contributed by atoms with E-state index in [-0.39, 0.29) is 29.8 Å². The Morgan fingerprint density at radius 1 is 1.32 bits per heavy atom. The number of aliphatic hydroxyl groups is 1. The van der Waals surface area contributed by atoms with Crippen molar-refractivity contribution in [1.29, 1.82) is 0 Å². The largest absolute Gasteiger partial charge is 0.477 e. The number of β-lactam (4-membered cyclic amide) rings is 1. The highest BCUT2D eigenvalue weighted by Gasteiger charge is 2.54. The fraction of sp³-hybridized carbons (Fsp3) is 0.391. The van der Waals surface area contributed by atoms with Gasteiger partial charge in [0.2, 0.25) is 17.9 Å². The molecule has 3 aromatic rings. The highest BCUT2D eigenvalue weighted by molar-refractivity contribution is 8.00. The summed E-state index contributed by atoms with van der Waals surface area (Å²) >= 11 is 2.13. The predicted molar refractivity (Wildman–Crippen MR) is 147 cm³/mol. The van der Waals surface area contributed by atoms with E-state index in [4.69, 9.17) is 10.8 Å². The summed E-state index contributed by atoms with van der Waals surface area (Å²) in [5.74, 6) is -2.63. The minimum absolute atomic E-state index is 0.0679. The van der Waals surface area contributed by atoms with Crippen LogP contribution in [0.2, 0.25) is 0 Å². The summed E-state index contributed by atoms with van der Waals surface area (Å²) in [4.78, 5) is 47.7. The fourth-order valence-electron chi connectivity index (χ4n) is 4.71. The zero-order valence-corrected chi connectivity index (χ0v) is 23.1. The molecular formula is C23H27N10O6S2+. The molecule has 216 valence electrons. The van der Waals surface area contributed by atoms with Crippen LogP contribution < -0.4 is 20.9 Å². The minimum Gasteiger partial charge on any atom is -0.477 e. The summed E-state index contributed by atoms with van der Waals surface area (Å²) in [6.07, 6.45) is 4.38. The number of aromatic nitrogens is 5. The highest BCUT2D eigenvalue weighted by Crippen LogP contribution is 2.40. The number of oxime groups is 1. The Bertz CT molecular complexity index is 1550. The molecule has 0 spiro atoms. The van der Waals surface area contributed by atoms with Gasteiger partial charge in [0.05, 0.1) is 12.8 Å². The molecular weight excluding hydrogens is 576 g/mol. The number of carbonyl (C=O) groups excluding carboxylic acids is 2. The summed E-state index contributed by atoms with van der Waals surface area (Å²) < 4.78 is 7.69. The van der Waals surface area contributed by atoms with Crippen LogP contribution in [0.4, 0.5) is 5.13 Å². The number of nitrogens with two attached hydrogens (primary N) is 1. The molecule has 5 heterocycles. The van der Waals surface area contributed by atoms with E-state index in [0.29, 0.717) is 30.1 Å². The summed E-state index contributed by atoms with van der Waals surface area (Å²) in [6.45, 7) is 2.28. The van der Waals surface area contributed by atoms with E-state index < -0.39 is 34.9 Å². The topological polar surface area (TPSA) is 225 Å². The zero-order valence-electron chi connectivity index (χ0n) is 21.5. The van der Waals surface area contributed by atoms with Gasteiger partial charge in [-0.3, -0.25) is 14.5 Å². The number of aliphatic hydroxyl groups excluding tert-OH is 1. The van der Waals surface area contributed by atoms with E-state index in [1.54, 1.807) is 6.33 Å². The quantitative estimate of drug-likeness (QED) is 0.0342. The number of pyridine rings is 1. The zero-order chi connectivity index (χ0) is 29.1. The second-order valence-electron chi connectivity index (χ2n) is 9.13. The first-order valence-corrected chi connectivity index (χ1v) is 14.3. The standard InChI is InChI=1S/C23H26N10O6S2/c24-23-28-17(30-41-23)14(29-39)19(35)27-15-20(36)33-16(22(37)38)12(10-40-21(15)33)9-31-6-1-3-13-18(31)26-11-32(13)7-2-4-25-5-8-34/h1,3,6,11,15,21,25,34H,2,4-5,7-10H2,(H4-,24,27,28,30,35,37,38,39)/p+1. The molecule has 2 aliphatic rings. The number of carboxylic acid groups (broad SMARTS) is 1. The van der Waals surface area contributed by atoms with E-state index in [0.717, 1.165) is 30.0 Å². The lowest BCUT2D eigenvalue weighted by Crippen LogP contribution is -2.71. The van der Waals surface area contributed by atoms with Crippen LogP contribution in [0.3, 0.4) is 0 Å². The Morgan fingerprint density at radius 2 is 2.15 bits per heavy atom. The number of hydrogen-bond acceptors (Lipinski definition) is 13. The maximum Gasteiger partial charge on any atom is 0.352 e. The summed E-state index contributed by atoms with van der Waals surface area (Å²) in [7, 11) is 0. The Hall–Kier alpha value is -4.13. The van der Waals surface area contributed by atoms with Gasteiger partial charge in [-0.15, -0.1) is 11.8 Å². The lowest BCUT2D eigenvalue weighted by molar-refractivity contribution is -0.664. The molecule has 1 fully saturated rings. The summed E-state index contributed by atoms with van der Waals surface area (Å²) in [6, 6.07) is 2.76. The first-order chi connectivity index (χ1) is 19.8. The first-order valence-electron chi connectivity index (χ1n) is 12.5. The molecule has 0 aliphatic carbocycles. The SMILES string of the molecule is Nc1nc(/C(=N/O)C(=O)NC2C(=O)N3C(C(=O)O)=C(C[n+]4cccc5c4ncn5CCCNCCO)CSC23)ns1. The van der Waals surface area contributed by atoms with Crippen molar-refractivity contribution in [3.05, 3.63) is 41.8 Å². The number of aryl methyl sites for hydroxylation is 1. The van der Waals surface area contributed by atoms with Crippen molar-refractivity contribution in [3.8, 4) is 0 Å². The molecule has 41 heavy (non-hydrogen) atoms. The van der Waals surface area contributed by atoms with Crippen LogP contribution in [-0.2, 0) is 27.5 Å². The third-order valence-corrected chi connectivity index (χ3v) is 8.44. The van der Waals surface area contributed by atoms with Crippen LogP contribution in [0, 0.1) is 0 Å². The lowest BCUT2D eigenvalue weighted by Gasteiger charge is -2.49. The number of hydrogen-bond donors (Lipinski definition) is 6. The van der Waals surface area contributed by atoms with Crippen molar-refractivity contribution in [3.63, 3.8) is 0 Å². The molecule has 5 rings (SSSR count). The Balaban J connectivity index is 1.31. The molecule has 1 saturated heterocycles. The second kappa shape index (κ2) is 12.2. The van der Waals surface area contributed by atoms with Crippen molar-refractivity contribution in [1.82, 2.24) is 34.4 Å². The van der Waals surface area contributed by atoms with Gasteiger partial charge in [-0.1, -0.05) is 5.16 Å². The smallest absolute Gasteiger partial charge is 0.352 e. The number of carbonyl (C=O) groups is 3. The maximum absolute atomic E-state index is 13.1. The Morgan fingerprint density at radius 3 is 2.85 bits per heavy atom. The number of nitrogens with one attached hydrogen (secondary N) is 2. The number of thioether (sulfide) groups is 1. The monoisotopic (exact) mass is 603 g/mol. The van der Waals surface area contributed by atoms with Gasteiger partial charge in [-0.25, -0.2) is 9.36 Å².